The van der Waals surface area contributed by atoms with E-state index in [1.807, 2.05) is 6.07 Å². The third kappa shape index (κ3) is 6.91. The molecule has 0 aromatic heterocycles. The van der Waals surface area contributed by atoms with Gasteiger partial charge in [0.05, 0.1) is 11.8 Å². The second kappa shape index (κ2) is 6.40. The van der Waals surface area contributed by atoms with Gasteiger partial charge in [-0.1, -0.05) is 6.92 Å². The zero-order valence-electron chi connectivity index (χ0n) is 8.99. The van der Waals surface area contributed by atoms with Crippen LogP contribution in [0.1, 0.15) is 19.8 Å². The molecular weight excluding hydrogens is 216 g/mol. The second-order valence-corrected chi connectivity index (χ2v) is 5.62. The number of nitrogens with one attached hydrogen (secondary N) is 1. The largest absolute Gasteiger partial charge is 0.355 e. The molecule has 6 heteroatoms. The minimum absolute atomic E-state index is 0.0522. The van der Waals surface area contributed by atoms with Crippen molar-refractivity contribution in [3.05, 3.63) is 0 Å². The van der Waals surface area contributed by atoms with Crippen molar-refractivity contribution in [1.82, 2.24) is 5.32 Å². The van der Waals surface area contributed by atoms with E-state index in [2.05, 4.69) is 5.32 Å². The number of sulfone groups is 1. The summed E-state index contributed by atoms with van der Waals surface area (Å²) in [4.78, 5) is 11.2. The van der Waals surface area contributed by atoms with Crippen LogP contribution in [-0.4, -0.2) is 32.9 Å². The van der Waals surface area contributed by atoms with Crippen LogP contribution in [0.3, 0.4) is 0 Å². The molecule has 0 aliphatic heterocycles. The van der Waals surface area contributed by atoms with Crippen molar-refractivity contribution in [2.75, 3.05) is 18.6 Å². The lowest BCUT2D eigenvalue weighted by molar-refractivity contribution is -0.123. The number of carbonyl (C=O) groups excluding carboxylic acids is 1. The summed E-state index contributed by atoms with van der Waals surface area (Å²) >= 11 is 0. The SMILES string of the molecule is CCC(C#N)C(=O)NCCCS(C)(=O)=O. The first-order valence-electron chi connectivity index (χ1n) is 4.75. The fourth-order valence-corrected chi connectivity index (χ4v) is 1.67. The Morgan fingerprint density at radius 2 is 2.13 bits per heavy atom. The van der Waals surface area contributed by atoms with Gasteiger partial charge >= 0.3 is 0 Å². The Balaban J connectivity index is 3.79. The lowest BCUT2D eigenvalue weighted by Crippen LogP contribution is -2.31. The van der Waals surface area contributed by atoms with Crippen LogP contribution >= 0.6 is 0 Å². The van der Waals surface area contributed by atoms with Crippen LogP contribution in [0, 0.1) is 17.2 Å². The lowest BCUT2D eigenvalue weighted by Gasteiger charge is -2.07. The Bertz CT molecular complexity index is 343. The minimum Gasteiger partial charge on any atom is -0.355 e. The van der Waals surface area contributed by atoms with E-state index in [1.165, 1.54) is 0 Å². The maximum Gasteiger partial charge on any atom is 0.237 e. The van der Waals surface area contributed by atoms with Gasteiger partial charge in [-0.05, 0) is 12.8 Å². The summed E-state index contributed by atoms with van der Waals surface area (Å²) in [5, 5.41) is 11.1. The molecular formula is C9H16N2O3S. The van der Waals surface area contributed by atoms with E-state index in [0.717, 1.165) is 6.26 Å². The van der Waals surface area contributed by atoms with Crippen molar-refractivity contribution >= 4 is 15.7 Å². The first-order valence-corrected chi connectivity index (χ1v) is 6.81. The van der Waals surface area contributed by atoms with E-state index in [-0.39, 0.29) is 11.7 Å². The van der Waals surface area contributed by atoms with E-state index in [0.29, 0.717) is 19.4 Å². The van der Waals surface area contributed by atoms with Crippen LogP contribution < -0.4 is 5.32 Å². The fourth-order valence-electron chi connectivity index (χ4n) is 1.00. The minimum atomic E-state index is -2.97. The molecule has 0 aliphatic carbocycles. The van der Waals surface area contributed by atoms with Gasteiger partial charge in [-0.15, -0.1) is 0 Å². The van der Waals surface area contributed by atoms with Crippen LogP contribution in [0.15, 0.2) is 0 Å². The van der Waals surface area contributed by atoms with Gasteiger partial charge in [0.1, 0.15) is 15.8 Å². The summed E-state index contributed by atoms with van der Waals surface area (Å²) in [6.45, 7) is 2.05. The molecule has 1 N–H and O–H groups in total. The van der Waals surface area contributed by atoms with Crippen LogP contribution in [0.5, 0.6) is 0 Å². The number of hydrogen-bond acceptors (Lipinski definition) is 4. The van der Waals surface area contributed by atoms with Crippen LogP contribution in [0.25, 0.3) is 0 Å². The van der Waals surface area contributed by atoms with Crippen molar-refractivity contribution in [2.45, 2.75) is 19.8 Å². The Morgan fingerprint density at radius 3 is 2.53 bits per heavy atom. The van der Waals surface area contributed by atoms with Gasteiger partial charge in [-0.3, -0.25) is 4.79 Å². The van der Waals surface area contributed by atoms with E-state index in [9.17, 15) is 13.2 Å². The number of nitrogens with zero attached hydrogens (tertiary/aromatic N) is 1. The summed E-state index contributed by atoms with van der Waals surface area (Å²) in [6.07, 6.45) is 2.00. The zero-order chi connectivity index (χ0) is 11.9. The van der Waals surface area contributed by atoms with Crippen molar-refractivity contribution in [1.29, 1.82) is 5.26 Å². The van der Waals surface area contributed by atoms with E-state index in [1.54, 1.807) is 6.92 Å². The summed E-state index contributed by atoms with van der Waals surface area (Å²) in [6, 6.07) is 1.88. The van der Waals surface area contributed by atoms with Crippen molar-refractivity contribution in [2.24, 2.45) is 5.92 Å². The lowest BCUT2D eigenvalue weighted by atomic mass is 10.1. The number of amides is 1. The number of hydrogen-bond donors (Lipinski definition) is 1. The highest BCUT2D eigenvalue weighted by atomic mass is 32.2. The van der Waals surface area contributed by atoms with Gasteiger partial charge in [0.2, 0.25) is 5.91 Å². The fraction of sp³-hybridized carbons (Fsp3) is 0.778. The Kier molecular flexibility index (Phi) is 5.94. The van der Waals surface area contributed by atoms with Crippen molar-refractivity contribution in [3.8, 4) is 6.07 Å². The third-order valence-electron chi connectivity index (χ3n) is 1.87. The standard InChI is InChI=1S/C9H16N2O3S/c1-3-8(7-10)9(12)11-5-4-6-15(2,13)14/h8H,3-6H2,1-2H3,(H,11,12). The molecule has 0 heterocycles. The van der Waals surface area contributed by atoms with E-state index >= 15 is 0 Å². The monoisotopic (exact) mass is 232 g/mol. The first kappa shape index (κ1) is 13.9. The van der Waals surface area contributed by atoms with Crippen LogP contribution in [0.2, 0.25) is 0 Å². The summed E-state index contributed by atoms with van der Waals surface area (Å²) in [5.41, 5.74) is 0. The molecule has 1 unspecified atom stereocenters. The number of rotatable bonds is 6. The molecule has 0 bridgehead atoms. The highest BCUT2D eigenvalue weighted by molar-refractivity contribution is 7.90. The molecule has 15 heavy (non-hydrogen) atoms. The van der Waals surface area contributed by atoms with Gasteiger partial charge in [-0.2, -0.15) is 5.26 Å². The Morgan fingerprint density at radius 1 is 1.53 bits per heavy atom. The smallest absolute Gasteiger partial charge is 0.237 e. The third-order valence-corrected chi connectivity index (χ3v) is 2.90. The second-order valence-electron chi connectivity index (χ2n) is 3.36. The molecule has 1 atom stereocenters. The molecule has 0 aliphatic rings. The summed E-state index contributed by atoms with van der Waals surface area (Å²) < 4.78 is 21.5. The molecule has 0 fully saturated rings. The molecule has 0 saturated carbocycles. The summed E-state index contributed by atoms with van der Waals surface area (Å²) in [7, 11) is -2.97. The molecule has 5 nitrogen and oxygen atoms in total. The molecule has 0 radical (unpaired) electrons. The Labute approximate surface area is 90.4 Å². The highest BCUT2D eigenvalue weighted by Gasteiger charge is 2.14. The summed E-state index contributed by atoms with van der Waals surface area (Å²) in [5.74, 6) is -0.909. The van der Waals surface area contributed by atoms with Crippen molar-refractivity contribution < 1.29 is 13.2 Å². The zero-order valence-corrected chi connectivity index (χ0v) is 9.80. The normalized spacial score (nSPS) is 12.9. The molecule has 0 aromatic carbocycles. The number of carbonyl (C=O) groups is 1. The topological polar surface area (TPSA) is 87.0 Å². The molecule has 1 amide bonds. The maximum atomic E-state index is 11.2. The van der Waals surface area contributed by atoms with Gasteiger partial charge in [0.25, 0.3) is 0 Å². The predicted octanol–water partition coefficient (Wildman–Crippen LogP) is 0.0871. The van der Waals surface area contributed by atoms with Gasteiger partial charge in [-0.25, -0.2) is 8.42 Å². The van der Waals surface area contributed by atoms with Crippen LogP contribution in [-0.2, 0) is 14.6 Å². The Hall–Kier alpha value is -1.09. The molecule has 0 aromatic rings. The van der Waals surface area contributed by atoms with Gasteiger partial charge in [0, 0.05) is 12.8 Å². The average molecular weight is 232 g/mol. The predicted molar refractivity (Wildman–Crippen MR) is 56.7 cm³/mol. The molecule has 0 spiro atoms. The molecule has 86 valence electrons. The molecule has 0 saturated heterocycles. The van der Waals surface area contributed by atoms with Crippen molar-refractivity contribution in [3.63, 3.8) is 0 Å². The van der Waals surface area contributed by atoms with E-state index < -0.39 is 15.8 Å². The van der Waals surface area contributed by atoms with Gasteiger partial charge < -0.3 is 5.32 Å². The molecule has 0 rings (SSSR count). The van der Waals surface area contributed by atoms with Crippen LogP contribution in [0.4, 0.5) is 0 Å². The average Bonchev–Trinajstić information content (AvgIpc) is 2.13. The van der Waals surface area contributed by atoms with Gasteiger partial charge in [0.15, 0.2) is 0 Å². The van der Waals surface area contributed by atoms with E-state index in [4.69, 9.17) is 5.26 Å². The highest BCUT2D eigenvalue weighted by Crippen LogP contribution is 1.99. The maximum absolute atomic E-state index is 11.2. The quantitative estimate of drug-likeness (QED) is 0.657. The number of nitriles is 1. The first-order chi connectivity index (χ1) is 6.90.